The maximum absolute atomic E-state index is 11.9. The van der Waals surface area contributed by atoms with Crippen LogP contribution in [0.1, 0.15) is 5.56 Å². The Morgan fingerprint density at radius 1 is 1.27 bits per heavy atom. The van der Waals surface area contributed by atoms with Crippen LogP contribution in [0.5, 0.6) is 0 Å². The molecule has 0 saturated carbocycles. The lowest BCUT2D eigenvalue weighted by atomic mass is 10.1. The summed E-state index contributed by atoms with van der Waals surface area (Å²) in [5, 5.41) is 0.523. The zero-order chi connectivity index (χ0) is 15.5. The maximum Gasteiger partial charge on any atom is 0.320 e. The molecule has 0 N–H and O–H groups in total. The minimum absolute atomic E-state index is 0.191. The average molecular weight is 334 g/mol. The summed E-state index contributed by atoms with van der Waals surface area (Å²) < 4.78 is 4.91. The lowest BCUT2D eigenvalue weighted by Crippen LogP contribution is -2.38. The molecule has 1 heterocycles. The third kappa shape index (κ3) is 3.08. The third-order valence-corrected chi connectivity index (χ3v) is 5.24. The Balaban J connectivity index is 1.92. The van der Waals surface area contributed by atoms with Gasteiger partial charge in [0.05, 0.1) is 12.8 Å². The van der Waals surface area contributed by atoms with Crippen molar-refractivity contribution in [2.75, 3.05) is 18.6 Å². The van der Waals surface area contributed by atoms with Crippen LogP contribution in [0.15, 0.2) is 53.4 Å². The predicted octanol–water partition coefficient (Wildman–Crippen LogP) is 3.99. The van der Waals surface area contributed by atoms with Gasteiger partial charge >= 0.3 is 5.97 Å². The van der Waals surface area contributed by atoms with Crippen LogP contribution in [0.2, 0.25) is 5.02 Å². The largest absolute Gasteiger partial charge is 0.468 e. The second-order valence-electron chi connectivity index (χ2n) is 5.07. The van der Waals surface area contributed by atoms with E-state index >= 15 is 0 Å². The van der Waals surface area contributed by atoms with E-state index in [1.54, 1.807) is 11.8 Å². The molecule has 114 valence electrons. The van der Waals surface area contributed by atoms with E-state index < -0.39 is 0 Å². The molecule has 0 amide bonds. The van der Waals surface area contributed by atoms with Crippen molar-refractivity contribution in [2.24, 2.45) is 0 Å². The van der Waals surface area contributed by atoms with Gasteiger partial charge in [0.15, 0.2) is 0 Å². The van der Waals surface area contributed by atoms with Gasteiger partial charge in [0, 0.05) is 23.0 Å². The third-order valence-electron chi connectivity index (χ3n) is 3.64. The SMILES string of the molecule is COC(=O)[C@H]1CN(Cc2ccccc2Cl)c2ccccc2S1. The summed E-state index contributed by atoms with van der Waals surface area (Å²) in [6, 6.07) is 15.9. The fourth-order valence-corrected chi connectivity index (χ4v) is 3.97. The second kappa shape index (κ2) is 6.63. The Morgan fingerprint density at radius 3 is 2.77 bits per heavy atom. The number of carbonyl (C=O) groups excluding carboxylic acids is 1. The highest BCUT2D eigenvalue weighted by Crippen LogP contribution is 2.39. The monoisotopic (exact) mass is 333 g/mol. The normalized spacial score (nSPS) is 17.0. The highest BCUT2D eigenvalue weighted by atomic mass is 35.5. The first-order valence-electron chi connectivity index (χ1n) is 7.01. The molecule has 22 heavy (non-hydrogen) atoms. The van der Waals surface area contributed by atoms with Gasteiger partial charge in [-0.25, -0.2) is 0 Å². The van der Waals surface area contributed by atoms with Crippen molar-refractivity contribution in [3.05, 3.63) is 59.1 Å². The number of benzene rings is 2. The molecule has 2 aromatic rings. The fraction of sp³-hybridized carbons (Fsp3) is 0.235. The van der Waals surface area contributed by atoms with E-state index in [9.17, 15) is 4.79 Å². The van der Waals surface area contributed by atoms with E-state index in [1.807, 2.05) is 42.5 Å². The van der Waals surface area contributed by atoms with Gasteiger partial charge in [-0.1, -0.05) is 41.9 Å². The van der Waals surface area contributed by atoms with Crippen molar-refractivity contribution < 1.29 is 9.53 Å². The number of nitrogens with zero attached hydrogens (tertiary/aromatic N) is 1. The molecule has 0 bridgehead atoms. The first-order valence-corrected chi connectivity index (χ1v) is 8.26. The van der Waals surface area contributed by atoms with Crippen molar-refractivity contribution in [3.63, 3.8) is 0 Å². The first kappa shape index (κ1) is 15.3. The molecule has 0 spiro atoms. The summed E-state index contributed by atoms with van der Waals surface area (Å²) in [6.07, 6.45) is 0. The van der Waals surface area contributed by atoms with E-state index in [2.05, 4.69) is 11.0 Å². The van der Waals surface area contributed by atoms with Gasteiger partial charge < -0.3 is 9.64 Å². The Hall–Kier alpha value is -1.65. The Kier molecular flexibility index (Phi) is 4.60. The van der Waals surface area contributed by atoms with Gasteiger partial charge in [-0.3, -0.25) is 4.79 Å². The van der Waals surface area contributed by atoms with E-state index in [0.29, 0.717) is 13.1 Å². The number of anilines is 1. The summed E-state index contributed by atoms with van der Waals surface area (Å²) in [7, 11) is 1.43. The number of fused-ring (bicyclic) bond motifs is 1. The van der Waals surface area contributed by atoms with Gasteiger partial charge in [0.1, 0.15) is 5.25 Å². The second-order valence-corrected chi connectivity index (χ2v) is 6.72. The Morgan fingerprint density at radius 2 is 2.00 bits per heavy atom. The summed E-state index contributed by atoms with van der Waals surface area (Å²) in [6.45, 7) is 1.28. The van der Waals surface area contributed by atoms with E-state index in [4.69, 9.17) is 16.3 Å². The molecule has 0 saturated heterocycles. The lowest BCUT2D eigenvalue weighted by molar-refractivity contribution is -0.139. The van der Waals surface area contributed by atoms with Crippen LogP contribution in [-0.4, -0.2) is 24.9 Å². The number of halogens is 1. The highest BCUT2D eigenvalue weighted by molar-refractivity contribution is 8.00. The standard InChI is InChI=1S/C17H16ClNO2S/c1-21-17(20)16-11-19(10-12-6-2-3-7-13(12)18)14-8-4-5-9-15(14)22-16/h2-9,16H,10-11H2,1H3/t16-/m1/s1. The average Bonchev–Trinajstić information content (AvgIpc) is 2.56. The van der Waals surface area contributed by atoms with Gasteiger partial charge in [-0.2, -0.15) is 0 Å². The van der Waals surface area contributed by atoms with Crippen LogP contribution >= 0.6 is 23.4 Å². The topological polar surface area (TPSA) is 29.5 Å². The lowest BCUT2D eigenvalue weighted by Gasteiger charge is -2.34. The van der Waals surface area contributed by atoms with Gasteiger partial charge in [-0.15, -0.1) is 11.8 Å². The number of para-hydroxylation sites is 1. The number of ether oxygens (including phenoxy) is 1. The summed E-state index contributed by atoms with van der Waals surface area (Å²) in [5.74, 6) is -0.191. The Labute approximate surface area is 139 Å². The van der Waals surface area contributed by atoms with E-state index in [0.717, 1.165) is 21.2 Å². The molecule has 0 aliphatic carbocycles. The molecule has 3 nitrogen and oxygen atoms in total. The van der Waals surface area contributed by atoms with Crippen LogP contribution in [0.25, 0.3) is 0 Å². The number of rotatable bonds is 3. The molecule has 1 aliphatic rings. The predicted molar refractivity (Wildman–Crippen MR) is 90.6 cm³/mol. The molecule has 5 heteroatoms. The first-order chi connectivity index (χ1) is 10.7. The molecule has 0 unspecified atom stereocenters. The minimum atomic E-state index is -0.220. The van der Waals surface area contributed by atoms with Crippen LogP contribution in [0.4, 0.5) is 5.69 Å². The van der Waals surface area contributed by atoms with Crippen LogP contribution in [-0.2, 0) is 16.1 Å². The molecular formula is C17H16ClNO2S. The Bertz CT molecular complexity index is 692. The molecular weight excluding hydrogens is 318 g/mol. The number of carbonyl (C=O) groups is 1. The van der Waals surface area contributed by atoms with Gasteiger partial charge in [-0.05, 0) is 23.8 Å². The zero-order valence-corrected chi connectivity index (χ0v) is 13.7. The number of thioether (sulfide) groups is 1. The van der Waals surface area contributed by atoms with E-state index in [-0.39, 0.29) is 11.2 Å². The van der Waals surface area contributed by atoms with Gasteiger partial charge in [0.2, 0.25) is 0 Å². The quantitative estimate of drug-likeness (QED) is 0.794. The molecule has 1 atom stereocenters. The summed E-state index contributed by atoms with van der Waals surface area (Å²) in [4.78, 5) is 15.2. The van der Waals surface area contributed by atoms with Crippen molar-refractivity contribution >= 4 is 35.0 Å². The van der Waals surface area contributed by atoms with Crippen LogP contribution in [0.3, 0.4) is 0 Å². The molecule has 2 aromatic carbocycles. The molecule has 0 aromatic heterocycles. The zero-order valence-electron chi connectivity index (χ0n) is 12.2. The van der Waals surface area contributed by atoms with Crippen molar-refractivity contribution in [1.29, 1.82) is 0 Å². The molecule has 0 fully saturated rings. The minimum Gasteiger partial charge on any atom is -0.468 e. The fourth-order valence-electron chi connectivity index (χ4n) is 2.54. The van der Waals surface area contributed by atoms with Crippen LogP contribution < -0.4 is 4.90 Å². The van der Waals surface area contributed by atoms with Crippen molar-refractivity contribution in [3.8, 4) is 0 Å². The number of hydrogen-bond donors (Lipinski definition) is 0. The molecule has 0 radical (unpaired) electrons. The summed E-state index contributed by atoms with van der Waals surface area (Å²) >= 11 is 7.83. The summed E-state index contributed by atoms with van der Waals surface area (Å²) in [5.41, 5.74) is 2.18. The smallest absolute Gasteiger partial charge is 0.320 e. The number of methoxy groups -OCH3 is 1. The molecule has 3 rings (SSSR count). The van der Waals surface area contributed by atoms with E-state index in [1.165, 1.54) is 7.11 Å². The van der Waals surface area contributed by atoms with Crippen molar-refractivity contribution in [2.45, 2.75) is 16.7 Å². The number of hydrogen-bond acceptors (Lipinski definition) is 4. The maximum atomic E-state index is 11.9. The van der Waals surface area contributed by atoms with Crippen LogP contribution in [0, 0.1) is 0 Å². The highest BCUT2D eigenvalue weighted by Gasteiger charge is 2.30. The molecule has 1 aliphatic heterocycles. The number of esters is 1. The van der Waals surface area contributed by atoms with Gasteiger partial charge in [0.25, 0.3) is 0 Å². The van der Waals surface area contributed by atoms with Crippen molar-refractivity contribution in [1.82, 2.24) is 0 Å².